The lowest BCUT2D eigenvalue weighted by Gasteiger charge is -2.21. The molecule has 0 bridgehead atoms. The summed E-state index contributed by atoms with van der Waals surface area (Å²) in [5.41, 5.74) is 0.782. The third kappa shape index (κ3) is 2.94. The summed E-state index contributed by atoms with van der Waals surface area (Å²) in [6.45, 7) is 1.06. The van der Waals surface area contributed by atoms with Gasteiger partial charge in [-0.1, -0.05) is 6.07 Å². The molecule has 2 aliphatic rings. The smallest absolute Gasteiger partial charge is 0.307 e. The first kappa shape index (κ1) is 14.1. The van der Waals surface area contributed by atoms with Gasteiger partial charge >= 0.3 is 10.2 Å². The minimum Gasteiger partial charge on any atom is -0.486 e. The lowest BCUT2D eigenvalue weighted by atomic mass is 10.2. The maximum absolute atomic E-state index is 13.0. The molecular weight excluding hydrogens is 301 g/mol. The summed E-state index contributed by atoms with van der Waals surface area (Å²) in [5.74, 6) is 0.873. The molecule has 0 spiro atoms. The minimum atomic E-state index is -4.68. The monoisotopic (exact) mass is 315 g/mol. The number of fused-ring (bicyclic) bond motifs is 1. The summed E-state index contributed by atoms with van der Waals surface area (Å²) in [4.78, 5) is 13.1. The number of amides is 1. The lowest BCUT2D eigenvalue weighted by molar-refractivity contribution is -0.128. The molecule has 0 N–H and O–H groups in total. The number of nitrogens with zero attached hydrogens (tertiary/aromatic N) is 1. The van der Waals surface area contributed by atoms with E-state index in [0.29, 0.717) is 24.7 Å². The zero-order valence-corrected chi connectivity index (χ0v) is 11.9. The summed E-state index contributed by atoms with van der Waals surface area (Å²) in [7, 11) is -4.68. The molecule has 1 fully saturated rings. The Morgan fingerprint density at radius 2 is 1.95 bits per heavy atom. The van der Waals surface area contributed by atoms with Crippen molar-refractivity contribution in [2.45, 2.75) is 18.2 Å². The van der Waals surface area contributed by atoms with E-state index in [9.17, 15) is 17.1 Å². The van der Waals surface area contributed by atoms with Crippen molar-refractivity contribution in [3.05, 3.63) is 23.8 Å². The van der Waals surface area contributed by atoms with Crippen molar-refractivity contribution in [1.82, 2.24) is 4.90 Å². The Hall–Kier alpha value is -1.83. The largest absolute Gasteiger partial charge is 0.486 e. The van der Waals surface area contributed by atoms with Gasteiger partial charge in [-0.3, -0.25) is 4.79 Å². The van der Waals surface area contributed by atoms with Crippen LogP contribution in [0.15, 0.2) is 18.2 Å². The molecular formula is C13H14FNO5S. The van der Waals surface area contributed by atoms with Gasteiger partial charge in [-0.05, 0) is 17.7 Å². The Kier molecular flexibility index (Phi) is 3.48. The van der Waals surface area contributed by atoms with Crippen molar-refractivity contribution >= 4 is 16.1 Å². The summed E-state index contributed by atoms with van der Waals surface area (Å²) < 4.78 is 45.6. The number of carbonyl (C=O) groups excluding carboxylic acids is 1. The summed E-state index contributed by atoms with van der Waals surface area (Å²) in [6.07, 6.45) is -0.302. The first-order valence-electron chi connectivity index (χ1n) is 6.53. The second kappa shape index (κ2) is 5.18. The van der Waals surface area contributed by atoms with Crippen LogP contribution < -0.4 is 9.47 Å². The van der Waals surface area contributed by atoms with Crippen LogP contribution in [0.25, 0.3) is 0 Å². The Morgan fingerprint density at radius 1 is 1.24 bits per heavy atom. The van der Waals surface area contributed by atoms with Crippen molar-refractivity contribution in [2.24, 2.45) is 0 Å². The summed E-state index contributed by atoms with van der Waals surface area (Å²) in [5, 5.41) is -1.26. The van der Waals surface area contributed by atoms with Gasteiger partial charge in [-0.25, -0.2) is 0 Å². The summed E-state index contributed by atoms with van der Waals surface area (Å²) >= 11 is 0. The topological polar surface area (TPSA) is 72.9 Å². The van der Waals surface area contributed by atoms with Crippen LogP contribution in [0.1, 0.15) is 12.0 Å². The Balaban J connectivity index is 1.74. The van der Waals surface area contributed by atoms with Crippen LogP contribution in [-0.2, 0) is 21.6 Å². The molecule has 1 atom stereocenters. The highest BCUT2D eigenvalue weighted by atomic mass is 32.3. The maximum Gasteiger partial charge on any atom is 0.307 e. The van der Waals surface area contributed by atoms with Crippen molar-refractivity contribution in [3.8, 4) is 11.5 Å². The van der Waals surface area contributed by atoms with Crippen LogP contribution in [0.3, 0.4) is 0 Å². The van der Waals surface area contributed by atoms with E-state index < -0.39 is 15.5 Å². The second-order valence-corrected chi connectivity index (χ2v) is 6.67. The third-order valence-corrected chi connectivity index (χ3v) is 4.67. The van der Waals surface area contributed by atoms with Gasteiger partial charge in [0.15, 0.2) is 11.5 Å². The molecule has 2 heterocycles. The van der Waals surface area contributed by atoms with Crippen LogP contribution in [0.2, 0.25) is 0 Å². The highest BCUT2D eigenvalue weighted by Crippen LogP contribution is 2.31. The Morgan fingerprint density at radius 3 is 2.62 bits per heavy atom. The lowest BCUT2D eigenvalue weighted by Crippen LogP contribution is -2.27. The first-order chi connectivity index (χ1) is 9.93. The molecule has 3 rings (SSSR count). The van der Waals surface area contributed by atoms with E-state index in [-0.39, 0.29) is 25.4 Å². The van der Waals surface area contributed by atoms with E-state index in [2.05, 4.69) is 0 Å². The van der Waals surface area contributed by atoms with Crippen molar-refractivity contribution in [1.29, 1.82) is 0 Å². The molecule has 0 aliphatic carbocycles. The number of halogens is 1. The fraction of sp³-hybridized carbons (Fsp3) is 0.462. The van der Waals surface area contributed by atoms with Crippen LogP contribution >= 0.6 is 0 Å². The summed E-state index contributed by atoms with van der Waals surface area (Å²) in [6, 6.07) is 5.27. The highest BCUT2D eigenvalue weighted by molar-refractivity contribution is 7.87. The van der Waals surface area contributed by atoms with Crippen LogP contribution in [-0.4, -0.2) is 44.2 Å². The molecule has 0 radical (unpaired) electrons. The SMILES string of the molecule is O=C1CC(S(=O)(=O)F)CN1Cc1ccc2c(c1)OCCO2. The molecule has 21 heavy (non-hydrogen) atoms. The molecule has 0 aromatic heterocycles. The predicted octanol–water partition coefficient (Wildman–Crippen LogP) is 0.858. The highest BCUT2D eigenvalue weighted by Gasteiger charge is 2.38. The third-order valence-electron chi connectivity index (χ3n) is 3.56. The standard InChI is InChI=1S/C13H14FNO5S/c14-21(17,18)10-6-13(16)15(8-10)7-9-1-2-11-12(5-9)20-4-3-19-11/h1-2,5,10H,3-4,6-8H2. The van der Waals surface area contributed by atoms with E-state index >= 15 is 0 Å². The van der Waals surface area contributed by atoms with Gasteiger partial charge in [0.25, 0.3) is 0 Å². The zero-order chi connectivity index (χ0) is 15.0. The molecule has 1 aromatic rings. The van der Waals surface area contributed by atoms with E-state index in [1.54, 1.807) is 18.2 Å². The molecule has 0 saturated carbocycles. The average molecular weight is 315 g/mol. The normalized spacial score (nSPS) is 21.7. The number of hydrogen-bond acceptors (Lipinski definition) is 5. The number of benzene rings is 1. The maximum atomic E-state index is 13.0. The van der Waals surface area contributed by atoms with Gasteiger partial charge in [-0.2, -0.15) is 8.42 Å². The molecule has 6 nitrogen and oxygen atoms in total. The van der Waals surface area contributed by atoms with Crippen LogP contribution in [0.4, 0.5) is 3.89 Å². The Bertz CT molecular complexity index is 675. The number of likely N-dealkylation sites (tertiary alicyclic amines) is 1. The number of carbonyl (C=O) groups is 1. The van der Waals surface area contributed by atoms with Crippen molar-refractivity contribution in [3.63, 3.8) is 0 Å². The Labute approximate surface area is 121 Å². The zero-order valence-electron chi connectivity index (χ0n) is 11.1. The van der Waals surface area contributed by atoms with Crippen LogP contribution in [0, 0.1) is 0 Å². The van der Waals surface area contributed by atoms with Crippen molar-refractivity contribution in [2.75, 3.05) is 19.8 Å². The number of rotatable bonds is 3. The van der Waals surface area contributed by atoms with Crippen LogP contribution in [0.5, 0.6) is 11.5 Å². The quantitative estimate of drug-likeness (QED) is 0.774. The van der Waals surface area contributed by atoms with Crippen molar-refractivity contribution < 1.29 is 26.6 Å². The van der Waals surface area contributed by atoms with Gasteiger partial charge < -0.3 is 14.4 Å². The molecule has 8 heteroatoms. The van der Waals surface area contributed by atoms with Gasteiger partial charge in [0, 0.05) is 19.5 Å². The van der Waals surface area contributed by atoms with E-state index in [1.807, 2.05) is 0 Å². The predicted molar refractivity (Wildman–Crippen MR) is 71.3 cm³/mol. The molecule has 1 unspecified atom stereocenters. The van der Waals surface area contributed by atoms with Gasteiger partial charge in [0.2, 0.25) is 5.91 Å². The molecule has 2 aliphatic heterocycles. The second-order valence-electron chi connectivity index (χ2n) is 5.05. The van der Waals surface area contributed by atoms with E-state index in [1.165, 1.54) is 4.90 Å². The number of ether oxygens (including phenoxy) is 2. The van der Waals surface area contributed by atoms with Gasteiger partial charge in [0.1, 0.15) is 18.5 Å². The fourth-order valence-corrected chi connectivity index (χ4v) is 3.18. The molecule has 114 valence electrons. The van der Waals surface area contributed by atoms with E-state index in [0.717, 1.165) is 5.56 Å². The van der Waals surface area contributed by atoms with E-state index in [4.69, 9.17) is 9.47 Å². The fourth-order valence-electron chi connectivity index (χ4n) is 2.48. The number of hydrogen-bond donors (Lipinski definition) is 0. The van der Waals surface area contributed by atoms with Gasteiger partial charge in [-0.15, -0.1) is 3.89 Å². The molecule has 1 saturated heterocycles. The minimum absolute atomic E-state index is 0.119. The van der Waals surface area contributed by atoms with Gasteiger partial charge in [0.05, 0.1) is 0 Å². The molecule has 1 aromatic carbocycles. The first-order valence-corrected chi connectivity index (χ1v) is 7.98. The molecule has 1 amide bonds. The average Bonchev–Trinajstić information content (AvgIpc) is 2.80.